The smallest absolute Gasteiger partial charge is 0.139 e. The van der Waals surface area contributed by atoms with Crippen molar-refractivity contribution in [3.8, 4) is 0 Å². The van der Waals surface area contributed by atoms with Crippen molar-refractivity contribution in [2.75, 3.05) is 0 Å². The molecule has 1 aliphatic carbocycles. The number of carbonyl (C=O) groups is 1. The summed E-state index contributed by atoms with van der Waals surface area (Å²) in [5, 5.41) is 0. The van der Waals surface area contributed by atoms with Crippen LogP contribution in [0.1, 0.15) is 59.3 Å². The molecule has 0 aromatic heterocycles. The molecular weight excluding hydrogens is 184 g/mol. The summed E-state index contributed by atoms with van der Waals surface area (Å²) in [6, 6.07) is 0. The maximum absolute atomic E-state index is 11.5. The molecule has 0 aromatic rings. The topological polar surface area (TPSA) is 17.1 Å². The van der Waals surface area contributed by atoms with Gasteiger partial charge in [0.1, 0.15) is 5.78 Å². The van der Waals surface area contributed by atoms with Crippen molar-refractivity contribution in [2.45, 2.75) is 59.3 Å². The van der Waals surface area contributed by atoms with E-state index >= 15 is 0 Å². The molecule has 0 bridgehead atoms. The average molecular weight is 208 g/mol. The van der Waals surface area contributed by atoms with Gasteiger partial charge in [0.25, 0.3) is 0 Å². The van der Waals surface area contributed by atoms with Gasteiger partial charge in [-0.1, -0.05) is 44.8 Å². The minimum Gasteiger partial charge on any atom is -0.299 e. The van der Waals surface area contributed by atoms with Gasteiger partial charge < -0.3 is 0 Å². The second kappa shape index (κ2) is 6.09. The molecule has 0 aliphatic heterocycles. The molecule has 15 heavy (non-hydrogen) atoms. The number of hydrogen-bond donors (Lipinski definition) is 0. The number of hydrogen-bond acceptors (Lipinski definition) is 1. The molecule has 1 saturated carbocycles. The first kappa shape index (κ1) is 12.5. The van der Waals surface area contributed by atoms with Crippen molar-refractivity contribution in [3.63, 3.8) is 0 Å². The van der Waals surface area contributed by atoms with Crippen LogP contribution in [-0.2, 0) is 4.79 Å². The summed E-state index contributed by atoms with van der Waals surface area (Å²) in [6.45, 7) is 6.15. The van der Waals surface area contributed by atoms with Crippen LogP contribution in [0.15, 0.2) is 11.6 Å². The zero-order valence-electron chi connectivity index (χ0n) is 10.4. The van der Waals surface area contributed by atoms with E-state index in [4.69, 9.17) is 0 Å². The molecule has 0 amide bonds. The Morgan fingerprint density at radius 1 is 1.27 bits per heavy atom. The largest absolute Gasteiger partial charge is 0.299 e. The summed E-state index contributed by atoms with van der Waals surface area (Å²) in [6.07, 6.45) is 9.60. The Hall–Kier alpha value is -0.590. The van der Waals surface area contributed by atoms with Crippen LogP contribution in [0.2, 0.25) is 0 Å². The lowest BCUT2D eigenvalue weighted by molar-refractivity contribution is -0.121. The van der Waals surface area contributed by atoms with Crippen LogP contribution in [0.5, 0.6) is 0 Å². The van der Waals surface area contributed by atoms with Gasteiger partial charge in [0.15, 0.2) is 0 Å². The van der Waals surface area contributed by atoms with Gasteiger partial charge in [-0.25, -0.2) is 0 Å². The lowest BCUT2D eigenvalue weighted by atomic mass is 9.84. The molecule has 0 atom stereocenters. The van der Waals surface area contributed by atoms with Crippen molar-refractivity contribution in [1.82, 2.24) is 0 Å². The molecule has 0 N–H and O–H groups in total. The van der Waals surface area contributed by atoms with Gasteiger partial charge in [-0.2, -0.15) is 0 Å². The number of Topliss-reactive ketones (excluding diaryl/α,β-unsaturated/α-hetero) is 1. The number of allylic oxidation sites excluding steroid dienone is 2. The molecule has 0 unspecified atom stereocenters. The second-order valence-electron chi connectivity index (χ2n) is 5.11. The van der Waals surface area contributed by atoms with Gasteiger partial charge >= 0.3 is 0 Å². The number of rotatable bonds is 4. The monoisotopic (exact) mass is 208 g/mol. The Morgan fingerprint density at radius 2 is 1.87 bits per heavy atom. The zero-order valence-corrected chi connectivity index (χ0v) is 10.4. The maximum Gasteiger partial charge on any atom is 0.139 e. The van der Waals surface area contributed by atoms with Crippen LogP contribution < -0.4 is 0 Å². The third-order valence-electron chi connectivity index (χ3n) is 3.52. The molecule has 86 valence electrons. The van der Waals surface area contributed by atoms with Crippen LogP contribution in [0, 0.1) is 11.8 Å². The van der Waals surface area contributed by atoms with E-state index in [1.807, 2.05) is 13.8 Å². The average Bonchev–Trinajstić information content (AvgIpc) is 2.26. The summed E-state index contributed by atoms with van der Waals surface area (Å²) in [7, 11) is 0. The van der Waals surface area contributed by atoms with E-state index in [0.29, 0.717) is 12.2 Å². The van der Waals surface area contributed by atoms with E-state index in [1.165, 1.54) is 37.7 Å². The molecule has 0 saturated heterocycles. The van der Waals surface area contributed by atoms with Gasteiger partial charge in [-0.05, 0) is 25.7 Å². The molecule has 0 aromatic carbocycles. The fourth-order valence-electron chi connectivity index (χ4n) is 2.22. The summed E-state index contributed by atoms with van der Waals surface area (Å²) in [5.41, 5.74) is 1.45. The standard InChI is InChI=1S/C14H24O/c1-11(2)14(15)10-9-12(3)13-7-5-4-6-8-13/h9,11,13H,4-8,10H2,1-3H3/b12-9+. The van der Waals surface area contributed by atoms with Crippen LogP contribution in [0.25, 0.3) is 0 Å². The minimum atomic E-state index is 0.181. The molecule has 0 spiro atoms. The maximum atomic E-state index is 11.5. The molecular formula is C14H24O. The summed E-state index contributed by atoms with van der Waals surface area (Å²) >= 11 is 0. The van der Waals surface area contributed by atoms with Crippen molar-refractivity contribution < 1.29 is 4.79 Å². The number of ketones is 1. The highest BCUT2D eigenvalue weighted by molar-refractivity contribution is 5.81. The predicted octanol–water partition coefficient (Wildman–Crippen LogP) is 4.13. The van der Waals surface area contributed by atoms with Crippen molar-refractivity contribution in [1.29, 1.82) is 0 Å². The summed E-state index contributed by atoms with van der Waals surface area (Å²) in [4.78, 5) is 11.5. The van der Waals surface area contributed by atoms with E-state index in [9.17, 15) is 4.79 Å². The molecule has 0 heterocycles. The molecule has 1 aliphatic rings. The quantitative estimate of drug-likeness (QED) is 0.635. The van der Waals surface area contributed by atoms with Gasteiger partial charge in [0, 0.05) is 12.3 Å². The second-order valence-corrected chi connectivity index (χ2v) is 5.11. The van der Waals surface area contributed by atoms with Gasteiger partial charge in [-0.3, -0.25) is 4.79 Å². The number of carbonyl (C=O) groups excluding carboxylic acids is 1. The lowest BCUT2D eigenvalue weighted by Crippen LogP contribution is -2.09. The van der Waals surface area contributed by atoms with Crippen molar-refractivity contribution in [2.24, 2.45) is 11.8 Å². The lowest BCUT2D eigenvalue weighted by Gasteiger charge is -2.22. The van der Waals surface area contributed by atoms with Crippen LogP contribution in [-0.4, -0.2) is 5.78 Å². The molecule has 1 heteroatoms. The zero-order chi connectivity index (χ0) is 11.3. The first-order valence-electron chi connectivity index (χ1n) is 6.30. The molecule has 1 rings (SSSR count). The third-order valence-corrected chi connectivity index (χ3v) is 3.52. The van der Waals surface area contributed by atoms with Crippen LogP contribution in [0.3, 0.4) is 0 Å². The SMILES string of the molecule is C/C(=C\CC(=O)C(C)C)C1CCCCC1. The van der Waals surface area contributed by atoms with Gasteiger partial charge in [0.2, 0.25) is 0 Å². The van der Waals surface area contributed by atoms with Crippen LogP contribution >= 0.6 is 0 Å². The fraction of sp³-hybridized carbons (Fsp3) is 0.786. The Labute approximate surface area is 93.9 Å². The highest BCUT2D eigenvalue weighted by Crippen LogP contribution is 2.29. The van der Waals surface area contributed by atoms with Crippen molar-refractivity contribution in [3.05, 3.63) is 11.6 Å². The van der Waals surface area contributed by atoms with Gasteiger partial charge in [-0.15, -0.1) is 0 Å². The van der Waals surface area contributed by atoms with E-state index in [2.05, 4.69) is 13.0 Å². The van der Waals surface area contributed by atoms with E-state index in [1.54, 1.807) is 0 Å². The molecule has 0 radical (unpaired) electrons. The highest BCUT2D eigenvalue weighted by atomic mass is 16.1. The molecule has 1 fully saturated rings. The minimum absolute atomic E-state index is 0.181. The normalized spacial score (nSPS) is 19.6. The Kier molecular flexibility index (Phi) is 5.07. The fourth-order valence-corrected chi connectivity index (χ4v) is 2.22. The third kappa shape index (κ3) is 4.19. The van der Waals surface area contributed by atoms with E-state index in [-0.39, 0.29) is 5.92 Å². The van der Waals surface area contributed by atoms with E-state index in [0.717, 1.165) is 5.92 Å². The predicted molar refractivity (Wildman–Crippen MR) is 64.8 cm³/mol. The summed E-state index contributed by atoms with van der Waals surface area (Å²) < 4.78 is 0. The Balaban J connectivity index is 2.40. The van der Waals surface area contributed by atoms with Crippen molar-refractivity contribution >= 4 is 5.78 Å². The van der Waals surface area contributed by atoms with E-state index < -0.39 is 0 Å². The summed E-state index contributed by atoms with van der Waals surface area (Å²) in [5.74, 6) is 1.31. The van der Waals surface area contributed by atoms with Gasteiger partial charge in [0.05, 0.1) is 0 Å². The first-order chi connectivity index (χ1) is 7.11. The Morgan fingerprint density at radius 3 is 2.40 bits per heavy atom. The Bertz CT molecular complexity index is 232. The first-order valence-corrected chi connectivity index (χ1v) is 6.30. The molecule has 1 nitrogen and oxygen atoms in total. The van der Waals surface area contributed by atoms with Crippen LogP contribution in [0.4, 0.5) is 0 Å². The highest BCUT2D eigenvalue weighted by Gasteiger charge is 2.15.